The van der Waals surface area contributed by atoms with Gasteiger partial charge in [-0.2, -0.15) is 10.2 Å². The van der Waals surface area contributed by atoms with Crippen molar-refractivity contribution in [1.82, 2.24) is 19.8 Å². The van der Waals surface area contributed by atoms with Gasteiger partial charge in [0.1, 0.15) is 11.6 Å². The minimum Gasteiger partial charge on any atom is -0.287 e. The predicted molar refractivity (Wildman–Crippen MR) is 84.7 cm³/mol. The Morgan fingerprint density at radius 2 is 1.88 bits per heavy atom. The highest BCUT2D eigenvalue weighted by molar-refractivity contribution is 6.42. The van der Waals surface area contributed by atoms with Gasteiger partial charge in [0.25, 0.3) is 5.56 Å². The molecule has 1 N–H and O–H groups in total. The van der Waals surface area contributed by atoms with E-state index in [1.54, 1.807) is 0 Å². The third kappa shape index (κ3) is 2.93. The first kappa shape index (κ1) is 16.3. The third-order valence-corrected chi connectivity index (χ3v) is 4.62. The molecule has 0 aromatic carbocycles. The second-order valence-electron chi connectivity index (χ2n) is 6.27. The highest BCUT2D eigenvalue weighted by Crippen LogP contribution is 2.24. The van der Waals surface area contributed by atoms with E-state index in [0.29, 0.717) is 6.54 Å². The van der Waals surface area contributed by atoms with Gasteiger partial charge >= 0.3 is 11.6 Å². The van der Waals surface area contributed by atoms with Crippen LogP contribution in [0.15, 0.2) is 14.7 Å². The molecule has 1 aliphatic carbocycles. The molecule has 1 saturated carbocycles. The Labute approximate surface area is 137 Å². The van der Waals surface area contributed by atoms with Gasteiger partial charge in [0, 0.05) is 19.8 Å². The van der Waals surface area contributed by atoms with Crippen LogP contribution in [0.5, 0.6) is 0 Å². The lowest BCUT2D eigenvalue weighted by Crippen LogP contribution is -2.45. The van der Waals surface area contributed by atoms with Gasteiger partial charge in [0.15, 0.2) is 0 Å². The molecule has 1 aromatic heterocycles. The Balaban J connectivity index is 1.96. The summed E-state index contributed by atoms with van der Waals surface area (Å²) >= 11 is 0. The molecule has 24 heavy (non-hydrogen) atoms. The molecule has 9 heteroatoms. The number of H-pyrrole nitrogens is 1. The first-order valence-electron chi connectivity index (χ1n) is 8.04. The van der Waals surface area contributed by atoms with Crippen molar-refractivity contribution in [2.45, 2.75) is 44.6 Å². The van der Waals surface area contributed by atoms with Gasteiger partial charge in [-0.25, -0.2) is 14.9 Å². The molecule has 1 atom stereocenters. The van der Waals surface area contributed by atoms with Gasteiger partial charge in [0.05, 0.1) is 0 Å². The molecule has 1 aromatic rings. The summed E-state index contributed by atoms with van der Waals surface area (Å²) in [6, 6.07) is 0. The van der Waals surface area contributed by atoms with Crippen molar-refractivity contribution in [2.24, 2.45) is 11.0 Å². The molecule has 0 spiro atoms. The molecular formula is C15H19N5O4. The van der Waals surface area contributed by atoms with Crippen molar-refractivity contribution < 1.29 is 9.59 Å². The Bertz CT molecular complexity index is 803. The topological polar surface area (TPSA) is 117 Å². The minimum absolute atomic E-state index is 0.166. The number of hydrazone groups is 1. The monoisotopic (exact) mass is 333 g/mol. The number of Topliss-reactive ketones (excluding diaryl/α,β-unsaturated/α-hetero) is 1. The summed E-state index contributed by atoms with van der Waals surface area (Å²) in [5, 5.41) is 10.7. The molecule has 3 rings (SSSR count). The van der Waals surface area contributed by atoms with Crippen LogP contribution < -0.4 is 11.2 Å². The normalized spacial score (nSPS) is 22.2. The Morgan fingerprint density at radius 3 is 2.58 bits per heavy atom. The number of amides is 1. The number of carbonyl (C=O) groups is 2. The van der Waals surface area contributed by atoms with Crippen molar-refractivity contribution in [3.8, 4) is 0 Å². The summed E-state index contributed by atoms with van der Waals surface area (Å²) in [6.07, 6.45) is 6.49. The smallest absolute Gasteiger partial charge is 0.287 e. The zero-order chi connectivity index (χ0) is 17.3. The standard InChI is InChI=1S/C15H19N5O4/c1-19-14(23)12(21)10(7-16-19)11-13(22)20(15(24)18-17-11)8-9-5-3-2-4-6-9/h7,9-10H,2-6,8H2,1H3,(H,18,24). The van der Waals surface area contributed by atoms with E-state index in [9.17, 15) is 19.2 Å². The highest BCUT2D eigenvalue weighted by atomic mass is 16.2. The molecule has 128 valence electrons. The van der Waals surface area contributed by atoms with Crippen molar-refractivity contribution in [1.29, 1.82) is 0 Å². The van der Waals surface area contributed by atoms with Gasteiger partial charge in [-0.3, -0.25) is 19.0 Å². The quantitative estimate of drug-likeness (QED) is 0.757. The van der Waals surface area contributed by atoms with Crippen molar-refractivity contribution >= 4 is 17.9 Å². The van der Waals surface area contributed by atoms with Crippen LogP contribution in [0.1, 0.15) is 43.7 Å². The number of aromatic amines is 1. The second-order valence-corrected chi connectivity index (χ2v) is 6.27. The minimum atomic E-state index is -1.16. The Morgan fingerprint density at radius 1 is 1.17 bits per heavy atom. The van der Waals surface area contributed by atoms with E-state index < -0.39 is 28.9 Å². The number of rotatable bonds is 3. The summed E-state index contributed by atoms with van der Waals surface area (Å²) in [5.74, 6) is -2.49. The van der Waals surface area contributed by atoms with Gasteiger partial charge in [-0.05, 0) is 18.8 Å². The second kappa shape index (κ2) is 6.50. The SMILES string of the molecule is CN1N=CC(c2n[nH]c(=O)n(CC3CCCCC3)c2=O)C(=O)C1=O. The molecule has 2 heterocycles. The van der Waals surface area contributed by atoms with Crippen molar-refractivity contribution in [3.63, 3.8) is 0 Å². The molecule has 9 nitrogen and oxygen atoms in total. The van der Waals surface area contributed by atoms with Gasteiger partial charge in [-0.1, -0.05) is 19.3 Å². The number of nitrogens with zero attached hydrogens (tertiary/aromatic N) is 4. The predicted octanol–water partition coefficient (Wildman–Crippen LogP) is -0.378. The highest BCUT2D eigenvalue weighted by Gasteiger charge is 2.35. The van der Waals surface area contributed by atoms with E-state index in [1.165, 1.54) is 19.7 Å². The summed E-state index contributed by atoms with van der Waals surface area (Å²) in [7, 11) is 1.36. The molecule has 0 saturated heterocycles. The van der Waals surface area contributed by atoms with Gasteiger partial charge < -0.3 is 0 Å². The van der Waals surface area contributed by atoms with Crippen LogP contribution in [0, 0.1) is 5.92 Å². The zero-order valence-electron chi connectivity index (χ0n) is 13.4. The molecule has 0 bridgehead atoms. The van der Waals surface area contributed by atoms with Gasteiger partial charge in [-0.15, -0.1) is 0 Å². The van der Waals surface area contributed by atoms with E-state index in [4.69, 9.17) is 0 Å². The number of carbonyl (C=O) groups excluding carboxylic acids is 2. The van der Waals surface area contributed by atoms with Crippen LogP contribution in [0.3, 0.4) is 0 Å². The molecule has 1 amide bonds. The zero-order valence-corrected chi connectivity index (χ0v) is 13.4. The summed E-state index contributed by atoms with van der Waals surface area (Å²) in [4.78, 5) is 48.5. The maximum Gasteiger partial charge on any atom is 0.344 e. The lowest BCUT2D eigenvalue weighted by molar-refractivity contribution is -0.144. The average Bonchev–Trinajstić information content (AvgIpc) is 2.59. The van der Waals surface area contributed by atoms with E-state index in [1.807, 2.05) is 0 Å². The largest absolute Gasteiger partial charge is 0.344 e. The fraction of sp³-hybridized carbons (Fsp3) is 0.600. The number of nitrogens with one attached hydrogen (secondary N) is 1. The van der Waals surface area contributed by atoms with E-state index in [0.717, 1.165) is 35.3 Å². The van der Waals surface area contributed by atoms with Gasteiger partial charge in [0.2, 0.25) is 5.78 Å². The number of aromatic nitrogens is 3. The Hall–Kier alpha value is -2.58. The molecule has 0 radical (unpaired) electrons. The van der Waals surface area contributed by atoms with Crippen LogP contribution in [-0.2, 0) is 16.1 Å². The van der Waals surface area contributed by atoms with E-state index in [2.05, 4.69) is 15.3 Å². The summed E-state index contributed by atoms with van der Waals surface area (Å²) in [6.45, 7) is 0.301. The number of likely N-dealkylation sites (N-methyl/N-ethyl adjacent to an activating group) is 1. The van der Waals surface area contributed by atoms with E-state index >= 15 is 0 Å². The Kier molecular flexibility index (Phi) is 4.41. The van der Waals surface area contributed by atoms with Crippen molar-refractivity contribution in [2.75, 3.05) is 7.05 Å². The molecule has 1 unspecified atom stereocenters. The van der Waals surface area contributed by atoms with Crippen LogP contribution in [0.4, 0.5) is 0 Å². The molecule has 1 aliphatic heterocycles. The molecule has 1 fully saturated rings. The van der Waals surface area contributed by atoms with Crippen LogP contribution in [0.25, 0.3) is 0 Å². The van der Waals surface area contributed by atoms with Crippen LogP contribution in [0.2, 0.25) is 0 Å². The summed E-state index contributed by atoms with van der Waals surface area (Å²) < 4.78 is 1.09. The maximum absolute atomic E-state index is 12.6. The lowest BCUT2D eigenvalue weighted by Gasteiger charge is -2.22. The fourth-order valence-electron chi connectivity index (χ4n) is 3.22. The van der Waals surface area contributed by atoms with E-state index in [-0.39, 0.29) is 11.6 Å². The number of ketones is 1. The third-order valence-electron chi connectivity index (χ3n) is 4.62. The molecule has 2 aliphatic rings. The number of hydrogen-bond acceptors (Lipinski definition) is 6. The van der Waals surface area contributed by atoms with Crippen LogP contribution in [-0.4, -0.2) is 44.7 Å². The average molecular weight is 333 g/mol. The first-order chi connectivity index (χ1) is 11.5. The van der Waals surface area contributed by atoms with Crippen molar-refractivity contribution in [3.05, 3.63) is 26.5 Å². The first-order valence-corrected chi connectivity index (χ1v) is 8.04. The summed E-state index contributed by atoms with van der Waals surface area (Å²) in [5.41, 5.74) is -1.40. The van der Waals surface area contributed by atoms with Crippen LogP contribution >= 0.6 is 0 Å². The molecular weight excluding hydrogens is 314 g/mol. The maximum atomic E-state index is 12.6. The fourth-order valence-corrected chi connectivity index (χ4v) is 3.22. The lowest BCUT2D eigenvalue weighted by atomic mass is 9.89. The number of hydrogen-bond donors (Lipinski definition) is 1.